The van der Waals surface area contributed by atoms with E-state index in [1.165, 1.54) is 17.5 Å². The zero-order valence-electron chi connectivity index (χ0n) is 19.1. The molecular weight excluding hydrogens is 534 g/mol. The van der Waals surface area contributed by atoms with Gasteiger partial charge in [0.15, 0.2) is 5.82 Å². The summed E-state index contributed by atoms with van der Waals surface area (Å²) in [5.74, 6) is -0.116. The summed E-state index contributed by atoms with van der Waals surface area (Å²) in [5, 5.41) is 10.4. The Kier molecular flexibility index (Phi) is 11.4. The van der Waals surface area contributed by atoms with Crippen LogP contribution < -0.4 is 16.0 Å². The summed E-state index contributed by atoms with van der Waals surface area (Å²) in [6, 6.07) is 7.78. The van der Waals surface area contributed by atoms with Gasteiger partial charge in [-0.05, 0) is 44.0 Å². The monoisotopic (exact) mass is 562 g/mol. The van der Waals surface area contributed by atoms with Crippen molar-refractivity contribution in [2.75, 3.05) is 44.6 Å². The number of benzene rings is 1. The van der Waals surface area contributed by atoms with E-state index < -0.39 is 5.82 Å². The summed E-state index contributed by atoms with van der Waals surface area (Å²) in [6.07, 6.45) is 4.26. The van der Waals surface area contributed by atoms with Crippen molar-refractivity contribution in [2.24, 2.45) is 0 Å². The van der Waals surface area contributed by atoms with Crippen LogP contribution in [0.15, 0.2) is 30.5 Å². The largest absolute Gasteiger partial charge is 0.354 e. The van der Waals surface area contributed by atoms with Crippen LogP contribution in [0.25, 0.3) is 20.7 Å². The Morgan fingerprint density at radius 1 is 1.20 bits per heavy atom. The standard InChI is InChI=1S/C23H27FN6OS.3ClH/c24-18-14-27-23(26-7-2-10-30-11-8-25-9-12-30)29-21(18)20-13-17-16(3-1-4-19(17)32-20)22(31)28-15-5-6-15;;;/h1,3-4,13-15,25H,2,5-12H2,(H,28,31)(H,26,27,29);3*1H. The third-order valence-electron chi connectivity index (χ3n) is 5.84. The highest BCUT2D eigenvalue weighted by Gasteiger charge is 2.25. The summed E-state index contributed by atoms with van der Waals surface area (Å²) in [6.45, 7) is 5.97. The first-order valence-electron chi connectivity index (χ1n) is 11.2. The lowest BCUT2D eigenvalue weighted by Crippen LogP contribution is -2.44. The first kappa shape index (κ1) is 29.5. The van der Waals surface area contributed by atoms with Crippen LogP contribution in [-0.4, -0.2) is 66.1 Å². The van der Waals surface area contributed by atoms with E-state index in [4.69, 9.17) is 0 Å². The van der Waals surface area contributed by atoms with Gasteiger partial charge in [-0.15, -0.1) is 48.6 Å². The number of carbonyl (C=O) groups excluding carboxylic acids is 1. The van der Waals surface area contributed by atoms with Gasteiger partial charge in [0, 0.05) is 54.4 Å². The highest BCUT2D eigenvalue weighted by molar-refractivity contribution is 7.22. The summed E-state index contributed by atoms with van der Waals surface area (Å²) in [5.41, 5.74) is 0.886. The van der Waals surface area contributed by atoms with Crippen molar-refractivity contribution in [2.45, 2.75) is 25.3 Å². The molecule has 2 fully saturated rings. The molecule has 2 aliphatic rings. The van der Waals surface area contributed by atoms with E-state index in [2.05, 4.69) is 30.8 Å². The molecule has 0 radical (unpaired) electrons. The average molecular weight is 564 g/mol. The average Bonchev–Trinajstić information content (AvgIpc) is 3.52. The second kappa shape index (κ2) is 13.5. The van der Waals surface area contributed by atoms with Gasteiger partial charge in [0.2, 0.25) is 5.95 Å². The van der Waals surface area contributed by atoms with E-state index in [1.54, 1.807) is 0 Å². The van der Waals surface area contributed by atoms with Gasteiger partial charge in [0.1, 0.15) is 5.69 Å². The van der Waals surface area contributed by atoms with Gasteiger partial charge in [-0.2, -0.15) is 0 Å². The molecule has 35 heavy (non-hydrogen) atoms. The zero-order chi connectivity index (χ0) is 21.9. The Morgan fingerprint density at radius 3 is 2.71 bits per heavy atom. The number of carbonyl (C=O) groups is 1. The van der Waals surface area contributed by atoms with Crippen LogP contribution in [0.5, 0.6) is 0 Å². The number of aromatic nitrogens is 2. The van der Waals surface area contributed by atoms with Crippen LogP contribution >= 0.6 is 48.6 Å². The van der Waals surface area contributed by atoms with Crippen molar-refractivity contribution in [3.05, 3.63) is 41.8 Å². The lowest BCUT2D eigenvalue weighted by molar-refractivity contribution is 0.0952. The van der Waals surface area contributed by atoms with E-state index in [9.17, 15) is 9.18 Å². The number of rotatable bonds is 8. The van der Waals surface area contributed by atoms with E-state index >= 15 is 0 Å². The SMILES string of the molecule is Cl.Cl.Cl.O=C(NC1CC1)c1cccc2sc(-c3nc(NCCCN4CCNCC4)ncc3F)cc12. The molecule has 0 unspecified atom stereocenters. The van der Waals surface area contributed by atoms with E-state index in [0.29, 0.717) is 16.4 Å². The van der Waals surface area contributed by atoms with Crippen LogP contribution in [0.2, 0.25) is 0 Å². The van der Waals surface area contributed by atoms with Gasteiger partial charge >= 0.3 is 0 Å². The third kappa shape index (κ3) is 7.38. The van der Waals surface area contributed by atoms with Crippen LogP contribution in [0.1, 0.15) is 29.6 Å². The molecule has 1 amide bonds. The fourth-order valence-electron chi connectivity index (χ4n) is 3.93. The molecule has 0 spiro atoms. The summed E-state index contributed by atoms with van der Waals surface area (Å²) >= 11 is 1.44. The van der Waals surface area contributed by atoms with Gasteiger partial charge in [-0.1, -0.05) is 6.07 Å². The fraction of sp³-hybridized carbons (Fsp3) is 0.435. The van der Waals surface area contributed by atoms with Crippen molar-refractivity contribution in [1.82, 2.24) is 25.5 Å². The number of hydrogen-bond acceptors (Lipinski definition) is 7. The van der Waals surface area contributed by atoms with Crippen LogP contribution in [0.4, 0.5) is 10.3 Å². The third-order valence-corrected chi connectivity index (χ3v) is 6.95. The van der Waals surface area contributed by atoms with Gasteiger partial charge in [0.05, 0.1) is 11.1 Å². The lowest BCUT2D eigenvalue weighted by atomic mass is 10.1. The minimum atomic E-state index is -0.466. The number of fused-ring (bicyclic) bond motifs is 1. The van der Waals surface area contributed by atoms with Crippen LogP contribution in [-0.2, 0) is 0 Å². The molecule has 2 aromatic heterocycles. The highest BCUT2D eigenvalue weighted by Crippen LogP contribution is 2.36. The van der Waals surface area contributed by atoms with Gasteiger partial charge in [-0.25, -0.2) is 14.4 Å². The molecule has 0 bridgehead atoms. The fourth-order valence-corrected chi connectivity index (χ4v) is 5.01. The quantitative estimate of drug-likeness (QED) is 0.353. The van der Waals surface area contributed by atoms with Crippen LogP contribution in [0.3, 0.4) is 0 Å². The van der Waals surface area contributed by atoms with Gasteiger partial charge in [-0.3, -0.25) is 4.79 Å². The summed E-state index contributed by atoms with van der Waals surface area (Å²) < 4.78 is 15.6. The van der Waals surface area contributed by atoms with Gasteiger partial charge < -0.3 is 20.9 Å². The topological polar surface area (TPSA) is 82.2 Å². The maximum absolute atomic E-state index is 14.6. The second-order valence-corrected chi connectivity index (χ2v) is 9.42. The molecule has 192 valence electrons. The summed E-state index contributed by atoms with van der Waals surface area (Å²) in [7, 11) is 0. The number of amides is 1. The Balaban J connectivity index is 0.00000144. The number of halogens is 4. The second-order valence-electron chi connectivity index (χ2n) is 8.34. The Labute approximate surface area is 226 Å². The van der Waals surface area contributed by atoms with Crippen molar-refractivity contribution in [3.8, 4) is 10.6 Å². The van der Waals surface area contributed by atoms with E-state index in [1.807, 2.05) is 24.3 Å². The number of nitrogens with zero attached hydrogens (tertiary/aromatic N) is 3. The molecule has 7 nitrogen and oxygen atoms in total. The number of thiophene rings is 1. The molecule has 1 saturated carbocycles. The van der Waals surface area contributed by atoms with Gasteiger partial charge in [0.25, 0.3) is 5.91 Å². The molecular formula is C23H30Cl3FN6OS. The predicted octanol–water partition coefficient (Wildman–Crippen LogP) is 4.36. The molecule has 3 N–H and O–H groups in total. The Bertz CT molecular complexity index is 1120. The Morgan fingerprint density at radius 2 is 1.97 bits per heavy atom. The normalized spacial score (nSPS) is 15.5. The summed E-state index contributed by atoms with van der Waals surface area (Å²) in [4.78, 5) is 24.3. The molecule has 12 heteroatoms. The lowest BCUT2D eigenvalue weighted by Gasteiger charge is -2.27. The van der Waals surface area contributed by atoms with Crippen LogP contribution in [0, 0.1) is 5.82 Å². The molecule has 1 aromatic carbocycles. The van der Waals surface area contributed by atoms with Crippen molar-refractivity contribution in [1.29, 1.82) is 0 Å². The van der Waals surface area contributed by atoms with E-state index in [-0.39, 0.29) is 54.9 Å². The molecule has 1 aliphatic carbocycles. The maximum atomic E-state index is 14.6. The predicted molar refractivity (Wildman–Crippen MR) is 147 cm³/mol. The highest BCUT2D eigenvalue weighted by atomic mass is 35.5. The first-order valence-corrected chi connectivity index (χ1v) is 12.0. The molecule has 3 heterocycles. The van der Waals surface area contributed by atoms with E-state index in [0.717, 1.165) is 68.6 Å². The minimum absolute atomic E-state index is 0. The maximum Gasteiger partial charge on any atom is 0.252 e. The zero-order valence-corrected chi connectivity index (χ0v) is 22.4. The number of anilines is 1. The molecule has 3 aromatic rings. The minimum Gasteiger partial charge on any atom is -0.354 e. The molecule has 5 rings (SSSR count). The molecule has 1 saturated heterocycles. The molecule has 1 aliphatic heterocycles. The number of piperazine rings is 1. The number of nitrogens with one attached hydrogen (secondary N) is 3. The number of hydrogen-bond donors (Lipinski definition) is 3. The molecule has 0 atom stereocenters. The van der Waals surface area contributed by atoms with Crippen molar-refractivity contribution in [3.63, 3.8) is 0 Å². The van der Waals surface area contributed by atoms with Crippen molar-refractivity contribution >= 4 is 70.5 Å². The first-order chi connectivity index (χ1) is 15.7. The van der Waals surface area contributed by atoms with Crippen molar-refractivity contribution < 1.29 is 9.18 Å². The Hall–Kier alpha value is -1.75. The smallest absolute Gasteiger partial charge is 0.252 e.